The molecule has 3 rings (SSSR count). The molecule has 1 aromatic heterocycles. The number of rotatable bonds is 2. The van der Waals surface area contributed by atoms with Crippen molar-refractivity contribution in [3.63, 3.8) is 0 Å². The highest BCUT2D eigenvalue weighted by Gasteiger charge is 2.06. The summed E-state index contributed by atoms with van der Waals surface area (Å²) in [5.41, 5.74) is 0.737. The van der Waals surface area contributed by atoms with E-state index in [0.717, 1.165) is 16.3 Å². The number of nitriles is 1. The van der Waals surface area contributed by atoms with E-state index in [1.807, 2.05) is 30.3 Å². The number of thiophene rings is 1. The van der Waals surface area contributed by atoms with Gasteiger partial charge in [-0.15, -0.1) is 11.3 Å². The maximum Gasteiger partial charge on any atom is 0.0998 e. The van der Waals surface area contributed by atoms with Crippen molar-refractivity contribution in [3.05, 3.63) is 59.5 Å². The first kappa shape index (κ1) is 11.3. The summed E-state index contributed by atoms with van der Waals surface area (Å²) in [6.45, 7) is 0. The average molecular weight is 267 g/mol. The Balaban J connectivity index is 2.16. The molecule has 0 radical (unpaired) electrons. The van der Waals surface area contributed by atoms with Crippen LogP contribution in [0.2, 0.25) is 0 Å². The molecule has 0 saturated heterocycles. The van der Waals surface area contributed by atoms with Crippen molar-refractivity contribution in [1.82, 2.24) is 0 Å². The molecule has 2 aromatic carbocycles. The number of nitrogens with zero attached hydrogens (tertiary/aromatic N) is 1. The molecule has 86 valence electrons. The summed E-state index contributed by atoms with van der Waals surface area (Å²) in [7, 11) is 0. The Morgan fingerprint density at radius 3 is 2.50 bits per heavy atom. The second-order valence-electron chi connectivity index (χ2n) is 3.80. The molecule has 0 aliphatic carbocycles. The van der Waals surface area contributed by atoms with E-state index in [-0.39, 0.29) is 0 Å². The Kier molecular flexibility index (Phi) is 3.06. The molecule has 1 nitrogen and oxygen atoms in total. The quantitative estimate of drug-likeness (QED) is 0.657. The number of fused-ring (bicyclic) bond motifs is 1. The summed E-state index contributed by atoms with van der Waals surface area (Å²) >= 11 is 3.49. The lowest BCUT2D eigenvalue weighted by Gasteiger charge is -2.06. The summed E-state index contributed by atoms with van der Waals surface area (Å²) in [5, 5.41) is 13.4. The fraction of sp³-hybridized carbons (Fsp3) is 0. The number of hydrogen-bond donors (Lipinski definition) is 0. The van der Waals surface area contributed by atoms with E-state index >= 15 is 0 Å². The highest BCUT2D eigenvalue weighted by molar-refractivity contribution is 8.01. The molecule has 0 fully saturated rings. The fourth-order valence-corrected chi connectivity index (χ4v) is 3.75. The monoisotopic (exact) mass is 267 g/mol. The van der Waals surface area contributed by atoms with Crippen LogP contribution in [0.1, 0.15) is 5.56 Å². The zero-order chi connectivity index (χ0) is 12.4. The van der Waals surface area contributed by atoms with Crippen LogP contribution in [0.3, 0.4) is 0 Å². The Morgan fingerprint density at radius 2 is 1.78 bits per heavy atom. The highest BCUT2D eigenvalue weighted by Crippen LogP contribution is 2.36. The first-order valence-electron chi connectivity index (χ1n) is 5.52. The molecule has 0 amide bonds. The largest absolute Gasteiger partial charge is 0.192 e. The minimum Gasteiger partial charge on any atom is -0.192 e. The van der Waals surface area contributed by atoms with Gasteiger partial charge in [0.1, 0.15) is 0 Å². The Morgan fingerprint density at radius 1 is 0.944 bits per heavy atom. The van der Waals surface area contributed by atoms with Gasteiger partial charge in [0.2, 0.25) is 0 Å². The van der Waals surface area contributed by atoms with E-state index in [4.69, 9.17) is 5.26 Å². The van der Waals surface area contributed by atoms with Crippen LogP contribution < -0.4 is 0 Å². The zero-order valence-corrected chi connectivity index (χ0v) is 11.1. The van der Waals surface area contributed by atoms with Crippen molar-refractivity contribution in [1.29, 1.82) is 5.26 Å². The van der Waals surface area contributed by atoms with E-state index in [1.54, 1.807) is 23.1 Å². The van der Waals surface area contributed by atoms with Crippen molar-refractivity contribution in [2.75, 3.05) is 0 Å². The Labute approximate surface area is 114 Å². The minimum atomic E-state index is 0.737. The molecule has 0 unspecified atom stereocenters. The van der Waals surface area contributed by atoms with Gasteiger partial charge in [0.15, 0.2) is 0 Å². The normalized spacial score (nSPS) is 10.4. The van der Waals surface area contributed by atoms with Crippen LogP contribution in [0.15, 0.2) is 63.0 Å². The van der Waals surface area contributed by atoms with Crippen LogP contribution in [-0.4, -0.2) is 0 Å². The van der Waals surface area contributed by atoms with Crippen molar-refractivity contribution < 1.29 is 0 Å². The smallest absolute Gasteiger partial charge is 0.0998 e. The second-order valence-corrected chi connectivity index (χ2v) is 6.09. The minimum absolute atomic E-state index is 0.737. The molecule has 3 aromatic rings. The number of hydrogen-bond acceptors (Lipinski definition) is 3. The summed E-state index contributed by atoms with van der Waals surface area (Å²) in [4.78, 5) is 1.20. The Hall–Kier alpha value is -1.76. The standard InChI is InChI=1S/C15H9NS2/c16-10-11-7-8-14(18-15-6-3-9-17-15)13-5-2-1-4-12(11)13/h1-9H. The molecule has 0 spiro atoms. The van der Waals surface area contributed by atoms with Gasteiger partial charge >= 0.3 is 0 Å². The molecule has 0 aliphatic rings. The van der Waals surface area contributed by atoms with Crippen LogP contribution in [0, 0.1) is 11.3 Å². The third-order valence-electron chi connectivity index (χ3n) is 2.71. The molecular formula is C15H9NS2. The highest BCUT2D eigenvalue weighted by atomic mass is 32.2. The van der Waals surface area contributed by atoms with Gasteiger partial charge in [0.05, 0.1) is 15.8 Å². The first-order chi connectivity index (χ1) is 8.88. The molecule has 1 heterocycles. The summed E-state index contributed by atoms with van der Waals surface area (Å²) < 4.78 is 1.27. The zero-order valence-electron chi connectivity index (χ0n) is 9.46. The average Bonchev–Trinajstić information content (AvgIpc) is 2.92. The van der Waals surface area contributed by atoms with Gasteiger partial charge in [0, 0.05) is 10.3 Å². The van der Waals surface area contributed by atoms with Crippen molar-refractivity contribution in [3.8, 4) is 6.07 Å². The van der Waals surface area contributed by atoms with Gasteiger partial charge in [-0.2, -0.15) is 5.26 Å². The van der Waals surface area contributed by atoms with Crippen molar-refractivity contribution in [2.24, 2.45) is 0 Å². The van der Waals surface area contributed by atoms with Crippen LogP contribution in [0.5, 0.6) is 0 Å². The second kappa shape index (κ2) is 4.85. The molecular weight excluding hydrogens is 258 g/mol. The van der Waals surface area contributed by atoms with Gasteiger partial charge in [-0.25, -0.2) is 0 Å². The van der Waals surface area contributed by atoms with E-state index in [9.17, 15) is 0 Å². The van der Waals surface area contributed by atoms with Gasteiger partial charge in [-0.1, -0.05) is 42.1 Å². The molecule has 0 aliphatic heterocycles. The molecule has 0 atom stereocenters. The van der Waals surface area contributed by atoms with Crippen molar-refractivity contribution in [2.45, 2.75) is 9.10 Å². The van der Waals surface area contributed by atoms with Gasteiger partial charge in [-0.3, -0.25) is 0 Å². The summed E-state index contributed by atoms with van der Waals surface area (Å²) in [5.74, 6) is 0. The Bertz CT molecular complexity index is 724. The van der Waals surface area contributed by atoms with Crippen LogP contribution in [-0.2, 0) is 0 Å². The SMILES string of the molecule is N#Cc1ccc(Sc2cccs2)c2ccccc12. The molecule has 0 saturated carbocycles. The third kappa shape index (κ3) is 2.01. The molecule has 18 heavy (non-hydrogen) atoms. The van der Waals surface area contributed by atoms with Crippen LogP contribution in [0.25, 0.3) is 10.8 Å². The van der Waals surface area contributed by atoms with E-state index in [2.05, 4.69) is 29.6 Å². The summed E-state index contributed by atoms with van der Waals surface area (Å²) in [6.07, 6.45) is 0. The fourth-order valence-electron chi connectivity index (χ4n) is 1.89. The topological polar surface area (TPSA) is 23.8 Å². The lowest BCUT2D eigenvalue weighted by atomic mass is 10.1. The lowest BCUT2D eigenvalue weighted by molar-refractivity contribution is 1.47. The van der Waals surface area contributed by atoms with E-state index in [0.29, 0.717) is 0 Å². The number of benzene rings is 2. The predicted molar refractivity (Wildman–Crippen MR) is 77.1 cm³/mol. The molecule has 0 N–H and O–H groups in total. The third-order valence-corrected chi connectivity index (χ3v) is 4.82. The molecule has 0 bridgehead atoms. The van der Waals surface area contributed by atoms with Crippen LogP contribution in [0.4, 0.5) is 0 Å². The van der Waals surface area contributed by atoms with E-state index < -0.39 is 0 Å². The van der Waals surface area contributed by atoms with Gasteiger partial charge < -0.3 is 0 Å². The van der Waals surface area contributed by atoms with Crippen LogP contribution >= 0.6 is 23.1 Å². The van der Waals surface area contributed by atoms with E-state index in [1.165, 1.54) is 9.10 Å². The lowest BCUT2D eigenvalue weighted by Crippen LogP contribution is -1.82. The van der Waals surface area contributed by atoms with Crippen molar-refractivity contribution >= 4 is 33.9 Å². The predicted octanol–water partition coefficient (Wildman–Crippen LogP) is 4.92. The van der Waals surface area contributed by atoms with Gasteiger partial charge in [0.25, 0.3) is 0 Å². The maximum atomic E-state index is 9.13. The van der Waals surface area contributed by atoms with Gasteiger partial charge in [-0.05, 0) is 29.0 Å². The maximum absolute atomic E-state index is 9.13. The first-order valence-corrected chi connectivity index (χ1v) is 7.21. The summed E-state index contributed by atoms with van der Waals surface area (Å²) in [6, 6.07) is 18.4. The molecule has 3 heteroatoms.